The number of nitrogens with zero attached hydrogens (tertiary/aromatic N) is 1. The van der Waals surface area contributed by atoms with Gasteiger partial charge in [-0.3, -0.25) is 9.59 Å². The van der Waals surface area contributed by atoms with E-state index in [1.54, 1.807) is 0 Å². The number of amides is 2. The number of carbonyl (C=O) groups excluding carboxylic acids is 2. The van der Waals surface area contributed by atoms with Gasteiger partial charge < -0.3 is 14.6 Å². The summed E-state index contributed by atoms with van der Waals surface area (Å²) < 4.78 is 5.33. The second kappa shape index (κ2) is 5.23. The SMILES string of the molecule is O=C1CCC(=O)N1c1oc(-c2ccc(Cl)c(Cl)c2)c(O)c1O. The van der Waals surface area contributed by atoms with Crippen LogP contribution in [0.3, 0.4) is 0 Å². The molecule has 6 nitrogen and oxygen atoms in total. The molecular formula is C14H9Cl2NO5. The highest BCUT2D eigenvalue weighted by Gasteiger charge is 2.37. The first-order chi connectivity index (χ1) is 10.4. The Labute approximate surface area is 134 Å². The Bertz CT molecular complexity index is 783. The van der Waals surface area contributed by atoms with Crippen LogP contribution >= 0.6 is 23.2 Å². The van der Waals surface area contributed by atoms with Gasteiger partial charge in [0.05, 0.1) is 10.0 Å². The Balaban J connectivity index is 2.11. The van der Waals surface area contributed by atoms with Crippen LogP contribution in [0.4, 0.5) is 5.88 Å². The third-order valence-corrected chi connectivity index (χ3v) is 4.02. The maximum atomic E-state index is 11.7. The molecule has 0 aliphatic carbocycles. The largest absolute Gasteiger partial charge is 0.502 e. The topological polar surface area (TPSA) is 91.0 Å². The third-order valence-electron chi connectivity index (χ3n) is 3.28. The van der Waals surface area contributed by atoms with Crippen LogP contribution in [-0.2, 0) is 9.59 Å². The zero-order valence-electron chi connectivity index (χ0n) is 11.0. The van der Waals surface area contributed by atoms with Crippen LogP contribution in [0, 0.1) is 0 Å². The second-order valence-corrected chi connectivity index (χ2v) is 5.50. The van der Waals surface area contributed by atoms with Gasteiger partial charge in [-0.15, -0.1) is 0 Å². The number of halogens is 2. The molecule has 0 atom stereocenters. The van der Waals surface area contributed by atoms with E-state index >= 15 is 0 Å². The Morgan fingerprint density at radius 1 is 1.00 bits per heavy atom. The van der Waals surface area contributed by atoms with E-state index in [1.165, 1.54) is 18.2 Å². The molecule has 2 N–H and O–H groups in total. The molecule has 1 aromatic heterocycles. The summed E-state index contributed by atoms with van der Waals surface area (Å²) in [5.74, 6) is -2.78. The predicted molar refractivity (Wildman–Crippen MR) is 79.2 cm³/mol. The molecule has 0 bridgehead atoms. The van der Waals surface area contributed by atoms with E-state index in [-0.39, 0.29) is 23.6 Å². The van der Waals surface area contributed by atoms with Crippen LogP contribution in [0.2, 0.25) is 10.0 Å². The van der Waals surface area contributed by atoms with Crippen LogP contribution in [-0.4, -0.2) is 22.0 Å². The first-order valence-corrected chi connectivity index (χ1v) is 7.01. The smallest absolute Gasteiger partial charge is 0.256 e. The summed E-state index contributed by atoms with van der Waals surface area (Å²) in [6.07, 6.45) is 0.0592. The van der Waals surface area contributed by atoms with E-state index in [9.17, 15) is 19.8 Å². The molecule has 22 heavy (non-hydrogen) atoms. The molecule has 1 aliphatic rings. The fourth-order valence-corrected chi connectivity index (χ4v) is 2.49. The van der Waals surface area contributed by atoms with Crippen LogP contribution < -0.4 is 4.90 Å². The lowest BCUT2D eigenvalue weighted by Gasteiger charge is -2.09. The highest BCUT2D eigenvalue weighted by molar-refractivity contribution is 6.42. The zero-order chi connectivity index (χ0) is 16.0. The molecule has 3 rings (SSSR count). The molecular weight excluding hydrogens is 333 g/mol. The number of anilines is 1. The van der Waals surface area contributed by atoms with Crippen molar-refractivity contribution in [1.82, 2.24) is 0 Å². The lowest BCUT2D eigenvalue weighted by atomic mass is 10.1. The van der Waals surface area contributed by atoms with Gasteiger partial charge in [0.2, 0.25) is 23.3 Å². The summed E-state index contributed by atoms with van der Waals surface area (Å²) in [5, 5.41) is 20.5. The lowest BCUT2D eigenvalue weighted by molar-refractivity contribution is -0.121. The molecule has 1 aliphatic heterocycles. The van der Waals surface area contributed by atoms with Crippen molar-refractivity contribution < 1.29 is 24.2 Å². The molecule has 2 aromatic rings. The molecule has 0 spiro atoms. The predicted octanol–water partition coefficient (Wildman–Crippen LogP) is 3.32. The molecule has 2 heterocycles. The number of rotatable bonds is 2. The standard InChI is InChI=1S/C14H9Cl2NO5/c15-7-2-1-6(5-8(7)16)13-11(20)12(21)14(22-13)17-9(18)3-4-10(17)19/h1-2,5,20-21H,3-4H2. The minimum Gasteiger partial charge on any atom is -0.502 e. The number of furan rings is 1. The Hall–Kier alpha value is -2.18. The number of imide groups is 1. The van der Waals surface area contributed by atoms with Crippen LogP contribution in [0.25, 0.3) is 11.3 Å². The number of hydrogen-bond acceptors (Lipinski definition) is 5. The quantitative estimate of drug-likeness (QED) is 0.817. The average molecular weight is 342 g/mol. The van der Waals surface area contributed by atoms with Crippen LogP contribution in [0.1, 0.15) is 12.8 Å². The van der Waals surface area contributed by atoms with Gasteiger partial charge in [0.15, 0.2) is 5.76 Å². The maximum absolute atomic E-state index is 11.7. The Kier molecular flexibility index (Phi) is 3.50. The highest BCUT2D eigenvalue weighted by atomic mass is 35.5. The summed E-state index contributed by atoms with van der Waals surface area (Å²) >= 11 is 11.7. The highest BCUT2D eigenvalue weighted by Crippen LogP contribution is 2.48. The van der Waals surface area contributed by atoms with Gasteiger partial charge in [-0.1, -0.05) is 23.2 Å². The molecule has 1 fully saturated rings. The van der Waals surface area contributed by atoms with E-state index in [2.05, 4.69) is 0 Å². The monoisotopic (exact) mass is 341 g/mol. The van der Waals surface area contributed by atoms with Crippen molar-refractivity contribution in [2.45, 2.75) is 12.8 Å². The molecule has 0 unspecified atom stereocenters. The normalized spacial score (nSPS) is 14.9. The summed E-state index contributed by atoms with van der Waals surface area (Å²) in [6.45, 7) is 0. The first-order valence-electron chi connectivity index (χ1n) is 6.26. The molecule has 0 radical (unpaired) electrons. The van der Waals surface area contributed by atoms with Gasteiger partial charge in [-0.05, 0) is 18.2 Å². The number of benzene rings is 1. The summed E-state index contributed by atoms with van der Waals surface area (Å²) in [5.41, 5.74) is 0.340. The van der Waals surface area contributed by atoms with E-state index in [0.29, 0.717) is 10.6 Å². The number of carbonyl (C=O) groups is 2. The van der Waals surface area contributed by atoms with Gasteiger partial charge >= 0.3 is 0 Å². The molecule has 2 amide bonds. The lowest BCUT2D eigenvalue weighted by Crippen LogP contribution is -2.28. The van der Waals surface area contributed by atoms with E-state index in [4.69, 9.17) is 27.6 Å². The number of hydrogen-bond donors (Lipinski definition) is 2. The van der Waals surface area contributed by atoms with Crippen LogP contribution in [0.15, 0.2) is 22.6 Å². The molecule has 1 aromatic carbocycles. The fraction of sp³-hybridized carbons (Fsp3) is 0.143. The van der Waals surface area contributed by atoms with Crippen molar-refractivity contribution in [3.63, 3.8) is 0 Å². The Morgan fingerprint density at radius 2 is 1.64 bits per heavy atom. The van der Waals surface area contributed by atoms with Gasteiger partial charge in [-0.25, -0.2) is 4.90 Å². The Morgan fingerprint density at radius 3 is 2.23 bits per heavy atom. The maximum Gasteiger partial charge on any atom is 0.256 e. The van der Waals surface area contributed by atoms with Crippen molar-refractivity contribution in [2.75, 3.05) is 4.90 Å². The second-order valence-electron chi connectivity index (χ2n) is 4.69. The van der Waals surface area contributed by atoms with Crippen molar-refractivity contribution in [3.8, 4) is 22.8 Å². The minimum absolute atomic E-state index is 0.0296. The van der Waals surface area contributed by atoms with Gasteiger partial charge in [0, 0.05) is 18.4 Å². The molecule has 114 valence electrons. The van der Waals surface area contributed by atoms with Gasteiger partial charge in [0.1, 0.15) is 0 Å². The average Bonchev–Trinajstić information content (AvgIpc) is 2.95. The minimum atomic E-state index is -0.676. The number of aromatic hydroxyl groups is 2. The fourth-order valence-electron chi connectivity index (χ4n) is 2.19. The first kappa shape index (κ1) is 14.7. The van der Waals surface area contributed by atoms with Crippen molar-refractivity contribution in [2.24, 2.45) is 0 Å². The molecule has 8 heteroatoms. The summed E-state index contributed by atoms with van der Waals surface area (Å²) in [4.78, 5) is 24.1. The molecule has 1 saturated heterocycles. The van der Waals surface area contributed by atoms with Gasteiger partial charge in [0.25, 0.3) is 5.88 Å². The van der Waals surface area contributed by atoms with Crippen molar-refractivity contribution >= 4 is 40.9 Å². The summed E-state index contributed by atoms with van der Waals surface area (Å²) in [6, 6.07) is 4.44. The van der Waals surface area contributed by atoms with E-state index in [1.807, 2.05) is 0 Å². The van der Waals surface area contributed by atoms with E-state index in [0.717, 1.165) is 4.90 Å². The third kappa shape index (κ3) is 2.20. The van der Waals surface area contributed by atoms with Crippen LogP contribution in [0.5, 0.6) is 11.5 Å². The summed E-state index contributed by atoms with van der Waals surface area (Å²) in [7, 11) is 0. The molecule has 0 saturated carbocycles. The van der Waals surface area contributed by atoms with E-state index < -0.39 is 29.2 Å². The van der Waals surface area contributed by atoms with Gasteiger partial charge in [-0.2, -0.15) is 0 Å². The van der Waals surface area contributed by atoms with Crippen molar-refractivity contribution in [1.29, 1.82) is 0 Å². The van der Waals surface area contributed by atoms with Crippen molar-refractivity contribution in [3.05, 3.63) is 28.2 Å². The zero-order valence-corrected chi connectivity index (χ0v) is 12.5.